The van der Waals surface area contributed by atoms with E-state index in [1.807, 2.05) is 0 Å². The monoisotopic (exact) mass is 173 g/mol. The molecule has 68 valence electrons. The molecule has 0 fully saturated rings. The fourth-order valence-electron chi connectivity index (χ4n) is 1.58. The zero-order valence-corrected chi connectivity index (χ0v) is 8.17. The minimum Gasteiger partial charge on any atom is -0.358 e. The summed E-state index contributed by atoms with van der Waals surface area (Å²) in [5, 5.41) is 1.32. The Bertz CT molecular complexity index is 367. The van der Waals surface area contributed by atoms with E-state index >= 15 is 0 Å². The van der Waals surface area contributed by atoms with E-state index in [4.69, 9.17) is 0 Å². The molecule has 0 bridgehead atoms. The number of hydrogen-bond donors (Lipinski definition) is 1. The quantitative estimate of drug-likeness (QED) is 0.713. The van der Waals surface area contributed by atoms with Crippen molar-refractivity contribution in [1.82, 2.24) is 4.98 Å². The maximum atomic E-state index is 3.45. The van der Waals surface area contributed by atoms with Crippen molar-refractivity contribution >= 4 is 10.9 Å². The van der Waals surface area contributed by atoms with Crippen molar-refractivity contribution < 1.29 is 0 Å². The molecule has 1 N–H and O–H groups in total. The molecule has 1 nitrogen and oxygen atoms in total. The summed E-state index contributed by atoms with van der Waals surface area (Å²) >= 11 is 0. The third-order valence-corrected chi connectivity index (χ3v) is 2.69. The first kappa shape index (κ1) is 8.36. The second-order valence-electron chi connectivity index (χ2n) is 3.62. The SMILES string of the molecule is CC[C@H](C)c1cc2ccccc2[nH]1. The van der Waals surface area contributed by atoms with Gasteiger partial charge in [-0.25, -0.2) is 0 Å². The Morgan fingerprint density at radius 2 is 2.08 bits per heavy atom. The molecule has 0 unspecified atom stereocenters. The molecule has 1 heteroatoms. The number of aromatic amines is 1. The number of para-hydroxylation sites is 1. The lowest BCUT2D eigenvalue weighted by Crippen LogP contribution is -1.89. The van der Waals surface area contributed by atoms with Gasteiger partial charge in [0.25, 0.3) is 0 Å². The molecular formula is C12H15N. The van der Waals surface area contributed by atoms with Crippen molar-refractivity contribution in [2.45, 2.75) is 26.2 Å². The van der Waals surface area contributed by atoms with Gasteiger partial charge in [-0.3, -0.25) is 0 Å². The zero-order chi connectivity index (χ0) is 9.26. The first-order valence-corrected chi connectivity index (χ1v) is 4.89. The lowest BCUT2D eigenvalue weighted by atomic mass is 10.1. The van der Waals surface area contributed by atoms with Gasteiger partial charge >= 0.3 is 0 Å². The summed E-state index contributed by atoms with van der Waals surface area (Å²) in [5.74, 6) is 0.632. The predicted molar refractivity (Wildman–Crippen MR) is 57.0 cm³/mol. The van der Waals surface area contributed by atoms with Crippen LogP contribution in [0.25, 0.3) is 10.9 Å². The molecule has 0 amide bonds. The van der Waals surface area contributed by atoms with Crippen LogP contribution in [0.3, 0.4) is 0 Å². The smallest absolute Gasteiger partial charge is 0.0456 e. The van der Waals surface area contributed by atoms with Gasteiger partial charge < -0.3 is 4.98 Å². The van der Waals surface area contributed by atoms with Crippen LogP contribution in [0.15, 0.2) is 30.3 Å². The number of aromatic nitrogens is 1. The average Bonchev–Trinajstić information content (AvgIpc) is 2.59. The summed E-state index contributed by atoms with van der Waals surface area (Å²) in [6.45, 7) is 4.47. The van der Waals surface area contributed by atoms with E-state index in [0.717, 1.165) is 0 Å². The minimum atomic E-state index is 0.632. The fraction of sp³-hybridized carbons (Fsp3) is 0.333. The van der Waals surface area contributed by atoms with E-state index in [0.29, 0.717) is 5.92 Å². The highest BCUT2D eigenvalue weighted by Gasteiger charge is 2.05. The summed E-state index contributed by atoms with van der Waals surface area (Å²) in [6, 6.07) is 10.7. The van der Waals surface area contributed by atoms with Gasteiger partial charge in [-0.05, 0) is 29.9 Å². The zero-order valence-electron chi connectivity index (χ0n) is 8.17. The fourth-order valence-corrected chi connectivity index (χ4v) is 1.58. The maximum absolute atomic E-state index is 3.45. The third-order valence-electron chi connectivity index (χ3n) is 2.69. The highest BCUT2D eigenvalue weighted by atomic mass is 14.7. The van der Waals surface area contributed by atoms with Gasteiger partial charge in [-0.1, -0.05) is 32.0 Å². The maximum Gasteiger partial charge on any atom is 0.0456 e. The van der Waals surface area contributed by atoms with Gasteiger partial charge in [0.05, 0.1) is 0 Å². The topological polar surface area (TPSA) is 15.8 Å². The van der Waals surface area contributed by atoms with E-state index < -0.39 is 0 Å². The molecule has 2 rings (SSSR count). The molecule has 0 saturated carbocycles. The Kier molecular flexibility index (Phi) is 2.09. The van der Waals surface area contributed by atoms with Crippen molar-refractivity contribution in [1.29, 1.82) is 0 Å². The first-order valence-electron chi connectivity index (χ1n) is 4.89. The Labute approximate surface area is 78.8 Å². The van der Waals surface area contributed by atoms with E-state index in [2.05, 4.69) is 49.2 Å². The van der Waals surface area contributed by atoms with Gasteiger partial charge in [0.1, 0.15) is 0 Å². The normalized spacial score (nSPS) is 13.4. The molecular weight excluding hydrogens is 158 g/mol. The first-order chi connectivity index (χ1) is 6.31. The van der Waals surface area contributed by atoms with Crippen LogP contribution in [0.2, 0.25) is 0 Å². The molecule has 1 aromatic carbocycles. The summed E-state index contributed by atoms with van der Waals surface area (Å²) < 4.78 is 0. The largest absolute Gasteiger partial charge is 0.358 e. The molecule has 0 saturated heterocycles. The van der Waals surface area contributed by atoms with Crippen molar-refractivity contribution in [3.63, 3.8) is 0 Å². The molecule has 2 aromatic rings. The number of fused-ring (bicyclic) bond motifs is 1. The van der Waals surface area contributed by atoms with Crippen LogP contribution in [-0.4, -0.2) is 4.98 Å². The Morgan fingerprint density at radius 3 is 2.77 bits per heavy atom. The third kappa shape index (κ3) is 1.46. The molecule has 0 spiro atoms. The van der Waals surface area contributed by atoms with Gasteiger partial charge in [0, 0.05) is 11.2 Å². The van der Waals surface area contributed by atoms with Crippen LogP contribution in [0, 0.1) is 0 Å². The molecule has 0 aliphatic rings. The van der Waals surface area contributed by atoms with Gasteiger partial charge in [-0.2, -0.15) is 0 Å². The molecule has 1 heterocycles. The molecule has 1 atom stereocenters. The molecule has 0 aliphatic heterocycles. The molecule has 0 radical (unpaired) electrons. The van der Waals surface area contributed by atoms with Crippen molar-refractivity contribution in [2.24, 2.45) is 0 Å². The molecule has 13 heavy (non-hydrogen) atoms. The Morgan fingerprint density at radius 1 is 1.31 bits per heavy atom. The average molecular weight is 173 g/mol. The number of rotatable bonds is 2. The van der Waals surface area contributed by atoms with Gasteiger partial charge in [0.2, 0.25) is 0 Å². The van der Waals surface area contributed by atoms with Crippen LogP contribution in [0.4, 0.5) is 0 Å². The van der Waals surface area contributed by atoms with Crippen molar-refractivity contribution in [3.8, 4) is 0 Å². The lowest BCUT2D eigenvalue weighted by molar-refractivity contribution is 0.715. The van der Waals surface area contributed by atoms with Crippen molar-refractivity contribution in [3.05, 3.63) is 36.0 Å². The minimum absolute atomic E-state index is 0.632. The summed E-state index contributed by atoms with van der Waals surface area (Å²) in [5.41, 5.74) is 2.60. The second-order valence-corrected chi connectivity index (χ2v) is 3.62. The number of benzene rings is 1. The van der Waals surface area contributed by atoms with E-state index in [9.17, 15) is 0 Å². The van der Waals surface area contributed by atoms with Crippen LogP contribution in [0.5, 0.6) is 0 Å². The Hall–Kier alpha value is -1.24. The van der Waals surface area contributed by atoms with Crippen LogP contribution in [0.1, 0.15) is 31.9 Å². The second kappa shape index (κ2) is 3.25. The number of hydrogen-bond acceptors (Lipinski definition) is 0. The van der Waals surface area contributed by atoms with Crippen molar-refractivity contribution in [2.75, 3.05) is 0 Å². The molecule has 0 aliphatic carbocycles. The van der Waals surface area contributed by atoms with Gasteiger partial charge in [-0.15, -0.1) is 0 Å². The van der Waals surface area contributed by atoms with Crippen LogP contribution >= 0.6 is 0 Å². The molecule has 1 aromatic heterocycles. The number of H-pyrrole nitrogens is 1. The Balaban J connectivity index is 2.49. The van der Waals surface area contributed by atoms with Crippen LogP contribution in [-0.2, 0) is 0 Å². The predicted octanol–water partition coefficient (Wildman–Crippen LogP) is 3.68. The number of nitrogens with one attached hydrogen (secondary N) is 1. The van der Waals surface area contributed by atoms with E-state index in [-0.39, 0.29) is 0 Å². The standard InChI is InChI=1S/C12H15N/c1-3-9(2)12-8-10-6-4-5-7-11(10)13-12/h4-9,13H,3H2,1-2H3/t9-/m0/s1. The summed E-state index contributed by atoms with van der Waals surface area (Å²) in [7, 11) is 0. The summed E-state index contributed by atoms with van der Waals surface area (Å²) in [4.78, 5) is 3.45. The van der Waals surface area contributed by atoms with E-state index in [1.54, 1.807) is 0 Å². The summed E-state index contributed by atoms with van der Waals surface area (Å²) in [6.07, 6.45) is 1.19. The van der Waals surface area contributed by atoms with E-state index in [1.165, 1.54) is 23.0 Å². The lowest BCUT2D eigenvalue weighted by Gasteiger charge is -2.03. The van der Waals surface area contributed by atoms with Crippen LogP contribution < -0.4 is 0 Å². The van der Waals surface area contributed by atoms with Gasteiger partial charge in [0.15, 0.2) is 0 Å². The highest BCUT2D eigenvalue weighted by molar-refractivity contribution is 5.80. The highest BCUT2D eigenvalue weighted by Crippen LogP contribution is 2.22.